The number of carbonyl (C=O) groups is 1. The first-order valence-electron chi connectivity index (χ1n) is 8.67. The molecule has 2 amide bonds. The molecule has 1 N–H and O–H groups in total. The lowest BCUT2D eigenvalue weighted by Gasteiger charge is -2.25. The number of hydrogen-bond acceptors (Lipinski definition) is 1. The quantitative estimate of drug-likeness (QED) is 0.811. The molecular formula is C21H22N2O. The van der Waals surface area contributed by atoms with Crippen LogP contribution in [-0.4, -0.2) is 12.6 Å². The number of benzene rings is 2. The zero-order valence-electron chi connectivity index (χ0n) is 13.6. The van der Waals surface area contributed by atoms with Crippen molar-refractivity contribution >= 4 is 17.4 Å². The van der Waals surface area contributed by atoms with Crippen molar-refractivity contribution in [1.29, 1.82) is 0 Å². The van der Waals surface area contributed by atoms with E-state index in [1.165, 1.54) is 12.8 Å². The highest BCUT2D eigenvalue weighted by atomic mass is 16.2. The summed E-state index contributed by atoms with van der Waals surface area (Å²) >= 11 is 0. The van der Waals surface area contributed by atoms with Gasteiger partial charge in [0.25, 0.3) is 0 Å². The monoisotopic (exact) mass is 318 g/mol. The van der Waals surface area contributed by atoms with Crippen LogP contribution in [0.5, 0.6) is 0 Å². The van der Waals surface area contributed by atoms with Crippen LogP contribution in [0.3, 0.4) is 0 Å². The normalized spacial score (nSPS) is 24.1. The summed E-state index contributed by atoms with van der Waals surface area (Å²) in [6.07, 6.45) is 7.14. The van der Waals surface area contributed by atoms with Crippen molar-refractivity contribution in [3.05, 3.63) is 72.8 Å². The minimum atomic E-state index is -0.0563. The SMILES string of the molecule is O=C(NC[C@@H]1C[C@H]2C=C[C@H]1C2)N(c1ccccc1)c1ccccc1. The van der Waals surface area contributed by atoms with Gasteiger partial charge in [-0.05, 0) is 54.9 Å². The van der Waals surface area contributed by atoms with Crippen LogP contribution in [-0.2, 0) is 0 Å². The fraction of sp³-hybridized carbons (Fsp3) is 0.286. The Balaban J connectivity index is 1.50. The number of nitrogens with zero attached hydrogens (tertiary/aromatic N) is 1. The van der Waals surface area contributed by atoms with Crippen LogP contribution in [0.2, 0.25) is 0 Å². The first-order valence-corrected chi connectivity index (χ1v) is 8.67. The van der Waals surface area contributed by atoms with E-state index in [4.69, 9.17) is 0 Å². The Hall–Kier alpha value is -2.55. The number of urea groups is 1. The van der Waals surface area contributed by atoms with E-state index < -0.39 is 0 Å². The Morgan fingerprint density at radius 1 is 0.917 bits per heavy atom. The predicted octanol–water partition coefficient (Wildman–Crippen LogP) is 4.75. The van der Waals surface area contributed by atoms with Crippen molar-refractivity contribution in [2.45, 2.75) is 12.8 Å². The molecule has 0 radical (unpaired) electrons. The summed E-state index contributed by atoms with van der Waals surface area (Å²) in [5.74, 6) is 1.96. The third-order valence-electron chi connectivity index (χ3n) is 5.16. The third-order valence-corrected chi connectivity index (χ3v) is 5.16. The summed E-state index contributed by atoms with van der Waals surface area (Å²) in [5, 5.41) is 3.16. The van der Waals surface area contributed by atoms with Gasteiger partial charge >= 0.3 is 6.03 Å². The smallest absolute Gasteiger partial charge is 0.326 e. The lowest BCUT2D eigenvalue weighted by atomic mass is 9.94. The topological polar surface area (TPSA) is 32.3 Å². The van der Waals surface area contributed by atoms with Crippen molar-refractivity contribution in [3.63, 3.8) is 0 Å². The first kappa shape index (κ1) is 15.0. The average Bonchev–Trinajstić information content (AvgIpc) is 3.25. The highest BCUT2D eigenvalue weighted by molar-refractivity contribution is 5.99. The van der Waals surface area contributed by atoms with Gasteiger partial charge in [0.2, 0.25) is 0 Å². The number of fused-ring (bicyclic) bond motifs is 2. The molecule has 0 spiro atoms. The van der Waals surface area contributed by atoms with Gasteiger partial charge in [-0.25, -0.2) is 4.79 Å². The zero-order chi connectivity index (χ0) is 16.4. The van der Waals surface area contributed by atoms with E-state index in [0.717, 1.165) is 23.8 Å². The van der Waals surface area contributed by atoms with Gasteiger partial charge < -0.3 is 5.32 Å². The van der Waals surface area contributed by atoms with Gasteiger partial charge in [0, 0.05) is 6.54 Å². The standard InChI is InChI=1S/C21H22N2O/c24-21(22-15-18-14-16-11-12-17(18)13-16)23(19-7-3-1-4-8-19)20-9-5-2-6-10-20/h1-12,16-18H,13-15H2,(H,22,24)/t16-,17-,18-/m0/s1. The van der Waals surface area contributed by atoms with Crippen LogP contribution >= 0.6 is 0 Å². The first-order chi connectivity index (χ1) is 11.8. The van der Waals surface area contributed by atoms with E-state index in [9.17, 15) is 4.79 Å². The second kappa shape index (κ2) is 6.52. The molecule has 1 saturated carbocycles. The molecule has 3 nitrogen and oxygen atoms in total. The third kappa shape index (κ3) is 2.94. The number of allylic oxidation sites excluding steroid dienone is 2. The Bertz CT molecular complexity index is 687. The minimum Gasteiger partial charge on any atom is -0.337 e. The number of nitrogens with one attached hydrogen (secondary N) is 1. The second-order valence-corrected chi connectivity index (χ2v) is 6.73. The molecule has 0 aliphatic heterocycles. The van der Waals surface area contributed by atoms with Crippen LogP contribution in [0.1, 0.15) is 12.8 Å². The number of para-hydroxylation sites is 2. The molecule has 2 aromatic carbocycles. The molecule has 2 aliphatic rings. The summed E-state index contributed by atoms with van der Waals surface area (Å²) < 4.78 is 0. The Morgan fingerprint density at radius 3 is 2.04 bits per heavy atom. The van der Waals surface area contributed by atoms with Crippen LogP contribution < -0.4 is 10.2 Å². The van der Waals surface area contributed by atoms with Crippen LogP contribution in [0.4, 0.5) is 16.2 Å². The molecule has 3 heteroatoms. The van der Waals surface area contributed by atoms with E-state index in [1.807, 2.05) is 60.7 Å². The molecular weight excluding hydrogens is 296 g/mol. The highest BCUT2D eigenvalue weighted by Gasteiger charge is 2.35. The van der Waals surface area contributed by atoms with Crippen molar-refractivity contribution < 1.29 is 4.79 Å². The van der Waals surface area contributed by atoms with Gasteiger partial charge in [0.1, 0.15) is 0 Å². The number of hydrogen-bond donors (Lipinski definition) is 1. The van der Waals surface area contributed by atoms with Gasteiger partial charge in [-0.15, -0.1) is 0 Å². The summed E-state index contributed by atoms with van der Waals surface area (Å²) in [6, 6.07) is 19.6. The molecule has 1 fully saturated rings. The number of carbonyl (C=O) groups excluding carboxylic acids is 1. The Labute approximate surface area is 143 Å². The van der Waals surface area contributed by atoms with Crippen molar-refractivity contribution in [2.24, 2.45) is 17.8 Å². The number of anilines is 2. The van der Waals surface area contributed by atoms with E-state index in [0.29, 0.717) is 11.8 Å². The average molecular weight is 318 g/mol. The predicted molar refractivity (Wildman–Crippen MR) is 97.3 cm³/mol. The molecule has 24 heavy (non-hydrogen) atoms. The molecule has 0 heterocycles. The number of rotatable bonds is 4. The van der Waals surface area contributed by atoms with Crippen LogP contribution in [0.25, 0.3) is 0 Å². The number of amides is 2. The summed E-state index contributed by atoms with van der Waals surface area (Å²) in [7, 11) is 0. The molecule has 2 aliphatic carbocycles. The van der Waals surface area contributed by atoms with Crippen LogP contribution in [0, 0.1) is 17.8 Å². The van der Waals surface area contributed by atoms with Gasteiger partial charge in [0.15, 0.2) is 0 Å². The van der Waals surface area contributed by atoms with Gasteiger partial charge in [-0.2, -0.15) is 0 Å². The van der Waals surface area contributed by atoms with E-state index >= 15 is 0 Å². The van der Waals surface area contributed by atoms with Crippen molar-refractivity contribution in [1.82, 2.24) is 5.32 Å². The van der Waals surface area contributed by atoms with Gasteiger partial charge in [0.05, 0.1) is 11.4 Å². The molecule has 3 atom stereocenters. The lowest BCUT2D eigenvalue weighted by Crippen LogP contribution is -2.40. The molecule has 0 aromatic heterocycles. The molecule has 0 unspecified atom stereocenters. The summed E-state index contributed by atoms with van der Waals surface area (Å²) in [6.45, 7) is 0.751. The lowest BCUT2D eigenvalue weighted by molar-refractivity contribution is 0.245. The summed E-state index contributed by atoms with van der Waals surface area (Å²) in [5.41, 5.74) is 1.77. The molecule has 122 valence electrons. The molecule has 2 aromatic rings. The fourth-order valence-electron chi connectivity index (χ4n) is 3.96. The van der Waals surface area contributed by atoms with E-state index in [2.05, 4.69) is 17.5 Å². The van der Waals surface area contributed by atoms with Crippen molar-refractivity contribution in [3.8, 4) is 0 Å². The Morgan fingerprint density at radius 2 is 1.54 bits per heavy atom. The zero-order valence-corrected chi connectivity index (χ0v) is 13.6. The van der Waals surface area contributed by atoms with Crippen molar-refractivity contribution in [2.75, 3.05) is 11.4 Å². The molecule has 4 rings (SSSR count). The maximum Gasteiger partial charge on any atom is 0.326 e. The van der Waals surface area contributed by atoms with Crippen LogP contribution in [0.15, 0.2) is 72.8 Å². The minimum absolute atomic E-state index is 0.0563. The summed E-state index contributed by atoms with van der Waals surface area (Å²) in [4.78, 5) is 14.7. The van der Waals surface area contributed by atoms with E-state index in [1.54, 1.807) is 4.90 Å². The highest BCUT2D eigenvalue weighted by Crippen LogP contribution is 2.43. The second-order valence-electron chi connectivity index (χ2n) is 6.73. The van der Waals surface area contributed by atoms with E-state index in [-0.39, 0.29) is 6.03 Å². The van der Waals surface area contributed by atoms with Gasteiger partial charge in [-0.1, -0.05) is 48.6 Å². The maximum atomic E-state index is 12.9. The van der Waals surface area contributed by atoms with Gasteiger partial charge in [-0.3, -0.25) is 4.90 Å². The molecule has 2 bridgehead atoms. The fourth-order valence-corrected chi connectivity index (χ4v) is 3.96. The largest absolute Gasteiger partial charge is 0.337 e. The molecule has 0 saturated heterocycles. The Kier molecular flexibility index (Phi) is 4.08. The maximum absolute atomic E-state index is 12.9.